The molecule has 2 heterocycles. The van der Waals surface area contributed by atoms with E-state index in [1.54, 1.807) is 10.9 Å². The second kappa shape index (κ2) is 4.81. The maximum atomic E-state index is 5.17. The maximum absolute atomic E-state index is 5.17. The monoisotopic (exact) mass is 271 g/mol. The molecule has 0 aliphatic heterocycles. The minimum absolute atomic E-state index is 0.445. The second-order valence-corrected chi connectivity index (χ2v) is 4.46. The van der Waals surface area contributed by atoms with Gasteiger partial charge in [-0.2, -0.15) is 10.1 Å². The predicted molar refractivity (Wildman–Crippen MR) is 78.2 cm³/mol. The van der Waals surface area contributed by atoms with Crippen molar-refractivity contribution >= 4 is 29.1 Å². The fourth-order valence-corrected chi connectivity index (χ4v) is 2.19. The van der Waals surface area contributed by atoms with Gasteiger partial charge in [0.1, 0.15) is 5.82 Å². The molecule has 3 rings (SSSR count). The van der Waals surface area contributed by atoms with E-state index in [-0.39, 0.29) is 0 Å². The molecule has 1 aromatic carbocycles. The molecule has 2 aromatic heterocycles. The molecule has 3 aromatic rings. The molecule has 0 fully saturated rings. The van der Waals surface area contributed by atoms with E-state index in [0.717, 1.165) is 29.1 Å². The summed E-state index contributed by atoms with van der Waals surface area (Å²) in [5.41, 5.74) is 1.72. The molecule has 2 N–H and O–H groups in total. The highest BCUT2D eigenvalue weighted by Crippen LogP contribution is 2.21. The van der Waals surface area contributed by atoms with Crippen LogP contribution in [0.1, 0.15) is 6.92 Å². The van der Waals surface area contributed by atoms with Gasteiger partial charge in [0.25, 0.3) is 0 Å². The molecule has 0 unspecified atom stereocenters. The summed E-state index contributed by atoms with van der Waals surface area (Å²) in [6, 6.07) is 9.88. The van der Waals surface area contributed by atoms with Gasteiger partial charge >= 0.3 is 0 Å². The van der Waals surface area contributed by atoms with Crippen LogP contribution in [0.4, 0.5) is 5.82 Å². The Morgan fingerprint density at radius 2 is 2.11 bits per heavy atom. The Morgan fingerprint density at radius 1 is 1.32 bits per heavy atom. The van der Waals surface area contributed by atoms with E-state index >= 15 is 0 Å². The predicted octanol–water partition coefficient (Wildman–Crippen LogP) is 2.91. The summed E-state index contributed by atoms with van der Waals surface area (Å²) >= 11 is 5.17. The van der Waals surface area contributed by atoms with Crippen LogP contribution in [0.25, 0.3) is 16.7 Å². The zero-order valence-electron chi connectivity index (χ0n) is 10.4. The molecule has 96 valence electrons. The van der Waals surface area contributed by atoms with Gasteiger partial charge in [-0.15, -0.1) is 0 Å². The molecule has 0 radical (unpaired) electrons. The Hall–Kier alpha value is -2.21. The largest absolute Gasteiger partial charge is 0.371 e. The van der Waals surface area contributed by atoms with E-state index in [1.165, 1.54) is 0 Å². The molecule has 0 amide bonds. The van der Waals surface area contributed by atoms with Crippen LogP contribution in [0.5, 0.6) is 0 Å². The molecule has 0 atom stereocenters. The first kappa shape index (κ1) is 11.9. The van der Waals surface area contributed by atoms with Crippen molar-refractivity contribution in [3.05, 3.63) is 41.3 Å². The van der Waals surface area contributed by atoms with E-state index in [9.17, 15) is 0 Å². The summed E-state index contributed by atoms with van der Waals surface area (Å²) < 4.78 is 2.24. The number of aromatic nitrogens is 4. The van der Waals surface area contributed by atoms with Crippen molar-refractivity contribution in [2.45, 2.75) is 6.92 Å². The summed E-state index contributed by atoms with van der Waals surface area (Å²) in [5.74, 6) is 0.861. The molecule has 0 bridgehead atoms. The average molecular weight is 271 g/mol. The van der Waals surface area contributed by atoms with Crippen LogP contribution in [0, 0.1) is 4.77 Å². The standard InChI is InChI=1S/C13H13N5S/c1-2-14-11-10-8-15-18(9-6-4-3-5-7-9)12(10)17-13(19)16-11/h3-8H,2H2,1H3,(H2,14,16,17,19). The first-order valence-electron chi connectivity index (χ1n) is 6.07. The molecular formula is C13H13N5S. The first-order chi connectivity index (χ1) is 9.29. The number of hydrogen-bond acceptors (Lipinski definition) is 4. The topological polar surface area (TPSA) is 58.5 Å². The first-order valence-corrected chi connectivity index (χ1v) is 6.48. The van der Waals surface area contributed by atoms with Gasteiger partial charge in [0.05, 0.1) is 17.3 Å². The molecule has 19 heavy (non-hydrogen) atoms. The fraction of sp³-hybridized carbons (Fsp3) is 0.154. The molecule has 0 aliphatic carbocycles. The Kier molecular flexibility index (Phi) is 3.00. The van der Waals surface area contributed by atoms with Crippen molar-refractivity contribution in [1.29, 1.82) is 0 Å². The van der Waals surface area contributed by atoms with E-state index in [0.29, 0.717) is 4.77 Å². The van der Waals surface area contributed by atoms with Gasteiger partial charge in [-0.1, -0.05) is 18.2 Å². The lowest BCUT2D eigenvalue weighted by Crippen LogP contribution is -2.02. The SMILES string of the molecule is CCNc1[nH]c(=S)nc2c1cnn2-c1ccccc1. The zero-order chi connectivity index (χ0) is 13.2. The van der Waals surface area contributed by atoms with Crippen LogP contribution >= 0.6 is 12.2 Å². The van der Waals surface area contributed by atoms with Crippen molar-refractivity contribution in [1.82, 2.24) is 19.7 Å². The number of para-hydroxylation sites is 1. The van der Waals surface area contributed by atoms with E-state index < -0.39 is 0 Å². The van der Waals surface area contributed by atoms with Gasteiger partial charge < -0.3 is 10.3 Å². The minimum Gasteiger partial charge on any atom is -0.371 e. The Bertz CT molecular complexity index is 760. The average Bonchev–Trinajstić information content (AvgIpc) is 2.84. The summed E-state index contributed by atoms with van der Waals surface area (Å²) in [7, 11) is 0. The third-order valence-electron chi connectivity index (χ3n) is 2.81. The van der Waals surface area contributed by atoms with Crippen molar-refractivity contribution in [2.24, 2.45) is 0 Å². The summed E-state index contributed by atoms with van der Waals surface area (Å²) in [6.07, 6.45) is 1.79. The van der Waals surface area contributed by atoms with Crippen LogP contribution in [-0.4, -0.2) is 26.3 Å². The summed E-state index contributed by atoms with van der Waals surface area (Å²) in [4.78, 5) is 7.43. The molecule has 6 heteroatoms. The van der Waals surface area contributed by atoms with Crippen LogP contribution in [-0.2, 0) is 0 Å². The Morgan fingerprint density at radius 3 is 2.84 bits per heavy atom. The van der Waals surface area contributed by atoms with Crippen molar-refractivity contribution in [3.8, 4) is 5.69 Å². The van der Waals surface area contributed by atoms with Crippen molar-refractivity contribution < 1.29 is 0 Å². The Labute approximate surface area is 115 Å². The van der Waals surface area contributed by atoms with Gasteiger partial charge in [-0.3, -0.25) is 0 Å². The zero-order valence-corrected chi connectivity index (χ0v) is 11.2. The lowest BCUT2D eigenvalue weighted by atomic mass is 10.3. The van der Waals surface area contributed by atoms with Crippen LogP contribution in [0.15, 0.2) is 36.5 Å². The minimum atomic E-state index is 0.445. The number of fused-ring (bicyclic) bond motifs is 1. The van der Waals surface area contributed by atoms with Crippen LogP contribution < -0.4 is 5.32 Å². The highest BCUT2D eigenvalue weighted by atomic mass is 32.1. The third-order valence-corrected chi connectivity index (χ3v) is 3.00. The van der Waals surface area contributed by atoms with Gasteiger partial charge in [-0.25, -0.2) is 4.68 Å². The quantitative estimate of drug-likeness (QED) is 0.719. The maximum Gasteiger partial charge on any atom is 0.200 e. The van der Waals surface area contributed by atoms with Gasteiger partial charge in [0.2, 0.25) is 0 Å². The fourth-order valence-electron chi connectivity index (χ4n) is 2.00. The van der Waals surface area contributed by atoms with E-state index in [1.807, 2.05) is 37.3 Å². The van der Waals surface area contributed by atoms with Crippen LogP contribution in [0.2, 0.25) is 0 Å². The lowest BCUT2D eigenvalue weighted by molar-refractivity contribution is 0.893. The number of rotatable bonds is 3. The van der Waals surface area contributed by atoms with Crippen molar-refractivity contribution in [2.75, 3.05) is 11.9 Å². The molecular weight excluding hydrogens is 258 g/mol. The number of nitrogens with zero attached hydrogens (tertiary/aromatic N) is 3. The van der Waals surface area contributed by atoms with E-state index in [2.05, 4.69) is 20.4 Å². The number of hydrogen-bond donors (Lipinski definition) is 2. The summed E-state index contributed by atoms with van der Waals surface area (Å²) in [6.45, 7) is 2.84. The number of H-pyrrole nitrogens is 1. The molecule has 0 saturated heterocycles. The molecule has 0 saturated carbocycles. The number of benzene rings is 1. The number of aromatic amines is 1. The Balaban J connectivity index is 2.26. The van der Waals surface area contributed by atoms with Gasteiger partial charge in [-0.05, 0) is 31.3 Å². The molecule has 5 nitrogen and oxygen atoms in total. The normalized spacial score (nSPS) is 10.8. The lowest BCUT2D eigenvalue weighted by Gasteiger charge is -2.05. The summed E-state index contributed by atoms with van der Waals surface area (Å²) in [5, 5.41) is 8.57. The molecule has 0 spiro atoms. The second-order valence-electron chi connectivity index (χ2n) is 4.08. The number of anilines is 1. The van der Waals surface area contributed by atoms with E-state index in [4.69, 9.17) is 12.2 Å². The smallest absolute Gasteiger partial charge is 0.200 e. The third kappa shape index (κ3) is 2.10. The molecule has 0 aliphatic rings. The van der Waals surface area contributed by atoms with Crippen molar-refractivity contribution in [3.63, 3.8) is 0 Å². The van der Waals surface area contributed by atoms with Gasteiger partial charge in [0, 0.05) is 6.54 Å². The highest BCUT2D eigenvalue weighted by molar-refractivity contribution is 7.71. The van der Waals surface area contributed by atoms with Gasteiger partial charge in [0.15, 0.2) is 10.4 Å². The highest BCUT2D eigenvalue weighted by Gasteiger charge is 2.10. The number of nitrogens with one attached hydrogen (secondary N) is 2. The van der Waals surface area contributed by atoms with Crippen LogP contribution in [0.3, 0.4) is 0 Å².